The molecule has 0 amide bonds. The molecule has 7 atom stereocenters. The maximum absolute atomic E-state index is 12.1. The van der Waals surface area contributed by atoms with Crippen molar-refractivity contribution in [3.8, 4) is 0 Å². The average Bonchev–Trinajstić information content (AvgIpc) is 2.64. The van der Waals surface area contributed by atoms with Crippen molar-refractivity contribution in [2.75, 3.05) is 6.61 Å². The number of fused-ring (bicyclic) bond motifs is 3. The molecule has 2 saturated carbocycles. The minimum Gasteiger partial charge on any atom is -0.465 e. The van der Waals surface area contributed by atoms with E-state index < -0.39 is 17.6 Å². The van der Waals surface area contributed by atoms with Crippen LogP contribution < -0.4 is 0 Å². The van der Waals surface area contributed by atoms with Crippen molar-refractivity contribution in [1.29, 1.82) is 0 Å². The van der Waals surface area contributed by atoms with Crippen LogP contribution in [0.5, 0.6) is 0 Å². The molecule has 1 aliphatic heterocycles. The zero-order chi connectivity index (χ0) is 13.1. The number of rotatable bonds is 0. The van der Waals surface area contributed by atoms with Crippen molar-refractivity contribution in [3.63, 3.8) is 0 Å². The van der Waals surface area contributed by atoms with E-state index in [0.717, 1.165) is 19.3 Å². The molecule has 102 valence electrons. The second-order valence-electron chi connectivity index (χ2n) is 6.66. The van der Waals surface area contributed by atoms with E-state index in [-0.39, 0.29) is 30.3 Å². The minimum atomic E-state index is -0.826. The molecule has 3 fully saturated rings. The Hall–Kier alpha value is -0.610. The maximum atomic E-state index is 12.1. The van der Waals surface area contributed by atoms with Crippen LogP contribution in [0.15, 0.2) is 0 Å². The van der Waals surface area contributed by atoms with E-state index in [1.54, 1.807) is 0 Å². The van der Waals surface area contributed by atoms with E-state index in [1.165, 1.54) is 0 Å². The molecule has 1 heterocycles. The van der Waals surface area contributed by atoms with Crippen molar-refractivity contribution >= 4 is 5.97 Å². The molecule has 2 N–H and O–H groups in total. The Morgan fingerprint density at radius 2 is 1.94 bits per heavy atom. The van der Waals surface area contributed by atoms with Crippen LogP contribution >= 0.6 is 0 Å². The molecule has 0 aromatic carbocycles. The summed E-state index contributed by atoms with van der Waals surface area (Å²) in [7, 11) is 0. The molecule has 0 radical (unpaired) electrons. The van der Waals surface area contributed by atoms with Gasteiger partial charge in [0.05, 0.1) is 24.2 Å². The summed E-state index contributed by atoms with van der Waals surface area (Å²) < 4.78 is 5.19. The Morgan fingerprint density at radius 3 is 2.67 bits per heavy atom. The molecule has 0 aromatic rings. The number of cyclic esters (lactones) is 1. The van der Waals surface area contributed by atoms with Crippen LogP contribution in [-0.4, -0.2) is 35.0 Å². The molecule has 3 rings (SSSR count). The molecule has 7 unspecified atom stereocenters. The average molecular weight is 254 g/mol. The predicted octanol–water partition coefficient (Wildman–Crippen LogP) is 0.954. The summed E-state index contributed by atoms with van der Waals surface area (Å²) in [5.41, 5.74) is -0.594. The van der Waals surface area contributed by atoms with Gasteiger partial charge in [-0.3, -0.25) is 4.79 Å². The summed E-state index contributed by atoms with van der Waals surface area (Å²) in [4.78, 5) is 12.1. The Balaban J connectivity index is 1.99. The van der Waals surface area contributed by atoms with E-state index in [0.29, 0.717) is 5.92 Å². The van der Waals surface area contributed by atoms with Gasteiger partial charge in [0.2, 0.25) is 0 Å². The van der Waals surface area contributed by atoms with Gasteiger partial charge in [-0.1, -0.05) is 13.3 Å². The highest BCUT2D eigenvalue weighted by atomic mass is 16.5. The molecule has 1 saturated heterocycles. The Bertz CT molecular complexity index is 369. The Morgan fingerprint density at radius 1 is 1.22 bits per heavy atom. The quantitative estimate of drug-likeness (QED) is 0.632. The Labute approximate surface area is 107 Å². The number of hydrogen-bond acceptors (Lipinski definition) is 4. The fourth-order valence-corrected chi connectivity index (χ4v) is 4.56. The molecular formula is C14H22O4. The van der Waals surface area contributed by atoms with Crippen LogP contribution in [0.3, 0.4) is 0 Å². The molecule has 2 aliphatic carbocycles. The Kier molecular flexibility index (Phi) is 2.72. The lowest BCUT2D eigenvalue weighted by molar-refractivity contribution is -0.175. The lowest BCUT2D eigenvalue weighted by Gasteiger charge is -2.52. The first-order valence-corrected chi connectivity index (χ1v) is 6.99. The number of esters is 1. The summed E-state index contributed by atoms with van der Waals surface area (Å²) in [5, 5.41) is 20.6. The standard InChI is InChI=1S/C14H22O4/c1-7-3-4-9-8(5-7)11(15)12(16)10-6-18-13(17)14(9,10)2/h7-12,15-16H,3-6H2,1-2H3. The van der Waals surface area contributed by atoms with Crippen molar-refractivity contribution in [3.05, 3.63) is 0 Å². The number of aliphatic hydroxyl groups is 2. The molecule has 0 bridgehead atoms. The summed E-state index contributed by atoms with van der Waals surface area (Å²) in [6.07, 6.45) is 1.42. The number of aliphatic hydroxyl groups excluding tert-OH is 2. The molecule has 4 nitrogen and oxygen atoms in total. The highest BCUT2D eigenvalue weighted by molar-refractivity contribution is 5.79. The van der Waals surface area contributed by atoms with Crippen molar-refractivity contribution < 1.29 is 19.7 Å². The first-order chi connectivity index (χ1) is 8.46. The molecule has 0 spiro atoms. The van der Waals surface area contributed by atoms with Crippen LogP contribution in [0.2, 0.25) is 0 Å². The van der Waals surface area contributed by atoms with E-state index in [4.69, 9.17) is 4.74 Å². The van der Waals surface area contributed by atoms with Gasteiger partial charge >= 0.3 is 5.97 Å². The van der Waals surface area contributed by atoms with Gasteiger partial charge in [0.1, 0.15) is 0 Å². The van der Waals surface area contributed by atoms with Gasteiger partial charge in [-0.15, -0.1) is 0 Å². The maximum Gasteiger partial charge on any atom is 0.312 e. The summed E-state index contributed by atoms with van der Waals surface area (Å²) in [6.45, 7) is 4.36. The minimum absolute atomic E-state index is 0.0376. The van der Waals surface area contributed by atoms with Crippen molar-refractivity contribution in [1.82, 2.24) is 0 Å². The van der Waals surface area contributed by atoms with Crippen LogP contribution in [-0.2, 0) is 9.53 Å². The van der Waals surface area contributed by atoms with Gasteiger partial charge in [0.15, 0.2) is 0 Å². The smallest absolute Gasteiger partial charge is 0.312 e. The topological polar surface area (TPSA) is 66.8 Å². The molecular weight excluding hydrogens is 232 g/mol. The third-order valence-electron chi connectivity index (χ3n) is 5.74. The zero-order valence-corrected chi connectivity index (χ0v) is 11.0. The van der Waals surface area contributed by atoms with E-state index in [2.05, 4.69) is 6.92 Å². The van der Waals surface area contributed by atoms with E-state index in [1.807, 2.05) is 6.92 Å². The van der Waals surface area contributed by atoms with Gasteiger partial charge < -0.3 is 14.9 Å². The second-order valence-corrected chi connectivity index (χ2v) is 6.66. The van der Waals surface area contributed by atoms with Gasteiger partial charge in [0, 0.05) is 5.92 Å². The molecule has 3 aliphatic rings. The third kappa shape index (κ3) is 1.42. The van der Waals surface area contributed by atoms with Gasteiger partial charge in [0.25, 0.3) is 0 Å². The number of hydrogen-bond donors (Lipinski definition) is 2. The summed E-state index contributed by atoms with van der Waals surface area (Å²) in [6, 6.07) is 0. The van der Waals surface area contributed by atoms with Crippen LogP contribution in [0.25, 0.3) is 0 Å². The van der Waals surface area contributed by atoms with Crippen molar-refractivity contribution in [2.24, 2.45) is 29.1 Å². The van der Waals surface area contributed by atoms with Crippen LogP contribution in [0.4, 0.5) is 0 Å². The largest absolute Gasteiger partial charge is 0.465 e. The lowest BCUT2D eigenvalue weighted by Crippen LogP contribution is -2.59. The number of ether oxygens (including phenoxy) is 1. The highest BCUT2D eigenvalue weighted by Crippen LogP contribution is 2.57. The summed E-state index contributed by atoms with van der Waals surface area (Å²) >= 11 is 0. The molecule has 18 heavy (non-hydrogen) atoms. The van der Waals surface area contributed by atoms with Crippen LogP contribution in [0, 0.1) is 29.1 Å². The lowest BCUT2D eigenvalue weighted by atomic mass is 9.52. The fourth-order valence-electron chi connectivity index (χ4n) is 4.56. The SMILES string of the molecule is CC1CCC2C(C1)C(O)C(O)C1COC(=O)C12C. The predicted molar refractivity (Wildman–Crippen MR) is 64.6 cm³/mol. The van der Waals surface area contributed by atoms with Gasteiger partial charge in [-0.25, -0.2) is 0 Å². The molecule has 4 heteroatoms. The summed E-state index contributed by atoms with van der Waals surface area (Å²) in [5.74, 6) is 0.339. The highest BCUT2D eigenvalue weighted by Gasteiger charge is 2.64. The van der Waals surface area contributed by atoms with Gasteiger partial charge in [-0.05, 0) is 37.5 Å². The first kappa shape index (κ1) is 12.4. The first-order valence-electron chi connectivity index (χ1n) is 6.99. The van der Waals surface area contributed by atoms with E-state index in [9.17, 15) is 15.0 Å². The number of carbonyl (C=O) groups excluding carboxylic acids is 1. The fraction of sp³-hybridized carbons (Fsp3) is 0.929. The van der Waals surface area contributed by atoms with Gasteiger partial charge in [-0.2, -0.15) is 0 Å². The zero-order valence-electron chi connectivity index (χ0n) is 11.0. The second kappa shape index (κ2) is 3.94. The normalized spacial score (nSPS) is 55.7. The monoisotopic (exact) mass is 254 g/mol. The third-order valence-corrected chi connectivity index (χ3v) is 5.74. The van der Waals surface area contributed by atoms with E-state index >= 15 is 0 Å². The number of carbonyl (C=O) groups is 1. The molecule has 0 aromatic heterocycles. The van der Waals surface area contributed by atoms with Crippen molar-refractivity contribution in [2.45, 2.75) is 45.3 Å². The van der Waals surface area contributed by atoms with Crippen LogP contribution in [0.1, 0.15) is 33.1 Å².